The van der Waals surface area contributed by atoms with Gasteiger partial charge < -0.3 is 19.5 Å². The lowest BCUT2D eigenvalue weighted by molar-refractivity contribution is -0.159. The van der Waals surface area contributed by atoms with Crippen molar-refractivity contribution >= 4 is 23.5 Å². The van der Waals surface area contributed by atoms with Crippen molar-refractivity contribution in [3.05, 3.63) is 28.3 Å². The van der Waals surface area contributed by atoms with Crippen LogP contribution >= 0.6 is 11.6 Å². The first-order chi connectivity index (χ1) is 11.8. The summed E-state index contributed by atoms with van der Waals surface area (Å²) in [6.07, 6.45) is 1.12. The van der Waals surface area contributed by atoms with Crippen LogP contribution in [0.4, 0.5) is 0 Å². The van der Waals surface area contributed by atoms with Gasteiger partial charge in [-0.3, -0.25) is 9.59 Å². The fourth-order valence-electron chi connectivity index (χ4n) is 3.20. The molecule has 0 spiro atoms. The molecule has 1 aromatic rings. The zero-order chi connectivity index (χ0) is 18.6. The van der Waals surface area contributed by atoms with E-state index < -0.39 is 11.4 Å². The number of aryl methyl sites for hydroxylation is 2. The first-order valence-corrected chi connectivity index (χ1v) is 8.56. The average Bonchev–Trinajstić information content (AvgIpc) is 2.57. The summed E-state index contributed by atoms with van der Waals surface area (Å²) in [4.78, 5) is 25.7. The number of hydrogen-bond donors (Lipinski definition) is 1. The molecule has 1 amide bonds. The molecular weight excluding hydrogens is 346 g/mol. The number of carboxylic acids is 1. The van der Waals surface area contributed by atoms with E-state index in [1.807, 2.05) is 13.8 Å². The smallest absolute Gasteiger partial charge is 0.313 e. The Morgan fingerprint density at radius 1 is 1.32 bits per heavy atom. The molecule has 1 aliphatic heterocycles. The maximum atomic E-state index is 12.5. The first-order valence-electron chi connectivity index (χ1n) is 8.19. The molecule has 1 aromatic carbocycles. The number of amides is 1. The molecule has 1 heterocycles. The van der Waals surface area contributed by atoms with Gasteiger partial charge in [-0.2, -0.15) is 0 Å². The molecule has 138 valence electrons. The van der Waals surface area contributed by atoms with Gasteiger partial charge in [0.2, 0.25) is 0 Å². The number of methoxy groups -OCH3 is 1. The Morgan fingerprint density at radius 2 is 1.96 bits per heavy atom. The Morgan fingerprint density at radius 3 is 2.52 bits per heavy atom. The van der Waals surface area contributed by atoms with E-state index >= 15 is 0 Å². The zero-order valence-electron chi connectivity index (χ0n) is 14.8. The number of benzene rings is 1. The maximum Gasteiger partial charge on any atom is 0.313 e. The van der Waals surface area contributed by atoms with Gasteiger partial charge in [-0.15, -0.1) is 0 Å². The number of likely N-dealkylation sites (tertiary alicyclic amines) is 1. The summed E-state index contributed by atoms with van der Waals surface area (Å²) < 4.78 is 10.7. The number of carboxylic acid groups (broad SMARTS) is 1. The number of aliphatic carboxylic acids is 1. The molecule has 0 radical (unpaired) electrons. The Bertz CT molecular complexity index is 636. The van der Waals surface area contributed by atoms with Crippen LogP contribution in [0.1, 0.15) is 24.0 Å². The van der Waals surface area contributed by atoms with Crippen molar-refractivity contribution in [1.82, 2.24) is 4.90 Å². The third-order valence-corrected chi connectivity index (χ3v) is 5.17. The van der Waals surface area contributed by atoms with Crippen LogP contribution in [0, 0.1) is 19.3 Å². The number of ether oxygens (including phenoxy) is 2. The minimum Gasteiger partial charge on any atom is -0.484 e. The minimum atomic E-state index is -1.05. The molecule has 1 saturated heterocycles. The molecule has 1 aliphatic rings. The molecule has 1 unspecified atom stereocenters. The van der Waals surface area contributed by atoms with E-state index in [4.69, 9.17) is 21.1 Å². The largest absolute Gasteiger partial charge is 0.484 e. The van der Waals surface area contributed by atoms with Gasteiger partial charge in [0.15, 0.2) is 6.61 Å². The number of hydrogen-bond acceptors (Lipinski definition) is 4. The van der Waals surface area contributed by atoms with E-state index in [-0.39, 0.29) is 25.7 Å². The topological polar surface area (TPSA) is 76.1 Å². The van der Waals surface area contributed by atoms with Crippen molar-refractivity contribution in [2.75, 3.05) is 33.4 Å². The monoisotopic (exact) mass is 369 g/mol. The molecule has 7 heteroatoms. The lowest BCUT2D eigenvalue weighted by atomic mass is 9.80. The van der Waals surface area contributed by atoms with E-state index in [0.717, 1.165) is 11.1 Å². The molecule has 2 rings (SSSR count). The summed E-state index contributed by atoms with van der Waals surface area (Å²) in [5.74, 6) is -0.588. The number of carbonyl (C=O) groups is 2. The zero-order valence-corrected chi connectivity index (χ0v) is 15.6. The number of carbonyl (C=O) groups excluding carboxylic acids is 1. The van der Waals surface area contributed by atoms with Crippen LogP contribution in [0.3, 0.4) is 0 Å². The quantitative estimate of drug-likeness (QED) is 0.834. The van der Waals surface area contributed by atoms with Gasteiger partial charge >= 0.3 is 5.97 Å². The highest BCUT2D eigenvalue weighted by atomic mass is 35.5. The molecule has 6 nitrogen and oxygen atoms in total. The van der Waals surface area contributed by atoms with Gasteiger partial charge in [0.25, 0.3) is 5.91 Å². The number of piperidine rings is 1. The summed E-state index contributed by atoms with van der Waals surface area (Å²) in [6, 6.07) is 3.57. The second-order valence-corrected chi connectivity index (χ2v) is 6.98. The first kappa shape index (κ1) is 19.5. The highest BCUT2D eigenvalue weighted by Gasteiger charge is 2.43. The predicted octanol–water partition coefficient (Wildman–Crippen LogP) is 2.68. The average molecular weight is 370 g/mol. The molecule has 25 heavy (non-hydrogen) atoms. The summed E-state index contributed by atoms with van der Waals surface area (Å²) in [6.45, 7) is 4.36. The van der Waals surface area contributed by atoms with Gasteiger partial charge in [-0.1, -0.05) is 11.6 Å². The Hall–Kier alpha value is -1.79. The van der Waals surface area contributed by atoms with Gasteiger partial charge in [-0.25, -0.2) is 0 Å². The van der Waals surface area contributed by atoms with Crippen LogP contribution in [0.5, 0.6) is 5.75 Å². The van der Waals surface area contributed by atoms with E-state index in [1.54, 1.807) is 17.0 Å². The van der Waals surface area contributed by atoms with Crippen molar-refractivity contribution in [3.63, 3.8) is 0 Å². The number of halogens is 1. The highest BCUT2D eigenvalue weighted by Crippen LogP contribution is 2.31. The number of rotatable bonds is 6. The predicted molar refractivity (Wildman–Crippen MR) is 94.2 cm³/mol. The standard InChI is InChI=1S/C18H24ClNO5/c1-12-7-14(8-13(2)16(12)19)25-9-15(21)20-6-4-5-18(10-20,11-24-3)17(22)23/h7-8H,4-6,9-11H2,1-3H3,(H,22,23). The van der Waals surface area contributed by atoms with Crippen molar-refractivity contribution in [2.45, 2.75) is 26.7 Å². The van der Waals surface area contributed by atoms with Gasteiger partial charge in [0, 0.05) is 25.2 Å². The van der Waals surface area contributed by atoms with Crippen LogP contribution in [0.15, 0.2) is 12.1 Å². The number of nitrogens with zero attached hydrogens (tertiary/aromatic N) is 1. The summed E-state index contributed by atoms with van der Waals surface area (Å²) in [5, 5.41) is 10.2. The van der Waals surface area contributed by atoms with Gasteiger partial charge in [0.1, 0.15) is 11.2 Å². The summed E-state index contributed by atoms with van der Waals surface area (Å²) in [5.41, 5.74) is 0.718. The molecule has 0 bridgehead atoms. The highest BCUT2D eigenvalue weighted by molar-refractivity contribution is 6.32. The SMILES string of the molecule is COCC1(C(=O)O)CCCN(C(=O)COc2cc(C)c(Cl)c(C)c2)C1. The molecule has 0 saturated carbocycles. The van der Waals surface area contributed by atoms with Crippen molar-refractivity contribution in [2.24, 2.45) is 5.41 Å². The lowest BCUT2D eigenvalue weighted by Crippen LogP contribution is -2.53. The fraction of sp³-hybridized carbons (Fsp3) is 0.556. The van der Waals surface area contributed by atoms with Gasteiger partial charge in [0.05, 0.1) is 6.61 Å². The Labute approximate surface area is 152 Å². The third kappa shape index (κ3) is 4.44. The van der Waals surface area contributed by atoms with E-state index in [0.29, 0.717) is 30.2 Å². The molecule has 0 aromatic heterocycles. The minimum absolute atomic E-state index is 0.0859. The van der Waals surface area contributed by atoms with Crippen LogP contribution in [-0.2, 0) is 14.3 Å². The maximum absolute atomic E-state index is 12.5. The normalized spacial score (nSPS) is 20.4. The van der Waals surface area contributed by atoms with Crippen LogP contribution in [0.25, 0.3) is 0 Å². The van der Waals surface area contributed by atoms with Crippen molar-refractivity contribution in [1.29, 1.82) is 0 Å². The second kappa shape index (κ2) is 8.06. The van der Waals surface area contributed by atoms with E-state index in [9.17, 15) is 14.7 Å². The molecular formula is C18H24ClNO5. The van der Waals surface area contributed by atoms with Gasteiger partial charge in [-0.05, 0) is 49.9 Å². The molecule has 1 atom stereocenters. The Kier molecular flexibility index (Phi) is 6.30. The van der Waals surface area contributed by atoms with E-state index in [2.05, 4.69) is 0 Å². The van der Waals surface area contributed by atoms with Crippen LogP contribution in [-0.4, -0.2) is 55.3 Å². The second-order valence-electron chi connectivity index (χ2n) is 6.60. The van der Waals surface area contributed by atoms with Crippen LogP contribution < -0.4 is 4.74 Å². The van der Waals surface area contributed by atoms with E-state index in [1.165, 1.54) is 7.11 Å². The van der Waals surface area contributed by atoms with Crippen molar-refractivity contribution < 1.29 is 24.2 Å². The molecule has 1 fully saturated rings. The van der Waals surface area contributed by atoms with Crippen LogP contribution in [0.2, 0.25) is 5.02 Å². The molecule has 0 aliphatic carbocycles. The fourth-order valence-corrected chi connectivity index (χ4v) is 3.31. The summed E-state index contributed by atoms with van der Waals surface area (Å²) in [7, 11) is 1.47. The Balaban J connectivity index is 2.02. The van der Waals surface area contributed by atoms with Crippen molar-refractivity contribution in [3.8, 4) is 5.75 Å². The lowest BCUT2D eigenvalue weighted by Gasteiger charge is -2.39. The molecule has 1 N–H and O–H groups in total. The third-order valence-electron chi connectivity index (χ3n) is 4.58. The summed E-state index contributed by atoms with van der Waals surface area (Å²) >= 11 is 6.13.